The minimum Gasteiger partial charge on any atom is -0.469 e. The van der Waals surface area contributed by atoms with Crippen LogP contribution in [0.15, 0.2) is 0 Å². The van der Waals surface area contributed by atoms with Crippen LogP contribution in [-0.4, -0.2) is 19.2 Å². The second-order valence-corrected chi connectivity index (χ2v) is 7.53. The molecule has 3 nitrogen and oxygen atoms in total. The highest BCUT2D eigenvalue weighted by Crippen LogP contribution is 2.17. The molecule has 0 saturated heterocycles. The summed E-state index contributed by atoms with van der Waals surface area (Å²) in [6.45, 7) is 2.24. The average Bonchev–Trinajstić information content (AvgIpc) is 2.64. The molecule has 0 aromatic heterocycles. The highest BCUT2D eigenvalue weighted by molar-refractivity contribution is 7.09. The van der Waals surface area contributed by atoms with Gasteiger partial charge in [0.1, 0.15) is 0 Å². The topological polar surface area (TPSA) is 35.5 Å². The van der Waals surface area contributed by atoms with Gasteiger partial charge in [0, 0.05) is 15.9 Å². The van der Waals surface area contributed by atoms with Gasteiger partial charge >= 0.3 is 5.97 Å². The Morgan fingerprint density at radius 3 is 1.64 bits per heavy atom. The van der Waals surface area contributed by atoms with Crippen LogP contribution in [0.1, 0.15) is 116 Å². The first-order valence-electron chi connectivity index (χ1n) is 10.7. The molecule has 0 aromatic rings. The number of hydrogen-bond donors (Lipinski definition) is 0. The van der Waals surface area contributed by atoms with Crippen LogP contribution >= 0.6 is 9.47 Å². The third-order valence-corrected chi connectivity index (χ3v) is 5.34. The molecule has 0 aromatic carbocycles. The van der Waals surface area contributed by atoms with E-state index in [0.29, 0.717) is 12.5 Å². The second-order valence-electron chi connectivity index (χ2n) is 7.26. The zero-order chi connectivity index (χ0) is 18.6. The summed E-state index contributed by atoms with van der Waals surface area (Å²) in [4.78, 5) is 11.0. The first-order chi connectivity index (χ1) is 12.2. The Morgan fingerprint density at radius 1 is 0.760 bits per heavy atom. The Labute approximate surface area is 159 Å². The number of unbranched alkanes of at least 4 members (excludes halogenated alkanes) is 12. The van der Waals surface area contributed by atoms with E-state index in [1.165, 1.54) is 97.0 Å². The maximum absolute atomic E-state index is 11.0. The van der Waals surface area contributed by atoms with Crippen LogP contribution in [0.25, 0.3) is 0 Å². The lowest BCUT2D eigenvalue weighted by atomic mass is 10.0. The summed E-state index contributed by atoms with van der Waals surface area (Å²) in [6.07, 6.45) is 21.7. The highest BCUT2D eigenvalue weighted by atomic mass is 31.0. The predicted octanol–water partition coefficient (Wildman–Crippen LogP) is 6.99. The smallest absolute Gasteiger partial charge is 0.305 e. The molecule has 0 spiro atoms. The van der Waals surface area contributed by atoms with Crippen molar-refractivity contribution in [1.29, 1.82) is 0 Å². The van der Waals surface area contributed by atoms with Crippen LogP contribution < -0.4 is 0 Å². The van der Waals surface area contributed by atoms with E-state index >= 15 is 0 Å². The van der Waals surface area contributed by atoms with Crippen molar-refractivity contribution in [3.63, 3.8) is 0 Å². The third-order valence-electron chi connectivity index (χ3n) is 4.96. The van der Waals surface area contributed by atoms with E-state index in [1.807, 2.05) is 0 Å². The SMILES string of the molecule is CCCCC(CCCCCCCCCCCCCCC(=O)OC)OP. The van der Waals surface area contributed by atoms with Crippen molar-refractivity contribution in [3.8, 4) is 0 Å². The van der Waals surface area contributed by atoms with Gasteiger partial charge < -0.3 is 9.26 Å². The minimum absolute atomic E-state index is 0.0717. The van der Waals surface area contributed by atoms with E-state index in [9.17, 15) is 4.79 Å². The molecule has 25 heavy (non-hydrogen) atoms. The number of carbonyl (C=O) groups is 1. The van der Waals surface area contributed by atoms with Crippen molar-refractivity contribution in [2.75, 3.05) is 7.11 Å². The molecule has 150 valence electrons. The van der Waals surface area contributed by atoms with Gasteiger partial charge in [-0.1, -0.05) is 90.4 Å². The van der Waals surface area contributed by atoms with Crippen LogP contribution in [-0.2, 0) is 14.1 Å². The maximum atomic E-state index is 11.0. The molecule has 0 bridgehead atoms. The summed E-state index contributed by atoms with van der Waals surface area (Å²) in [5.74, 6) is -0.0717. The van der Waals surface area contributed by atoms with Crippen LogP contribution in [0.3, 0.4) is 0 Å². The van der Waals surface area contributed by atoms with E-state index in [-0.39, 0.29) is 5.97 Å². The summed E-state index contributed by atoms with van der Waals surface area (Å²) < 4.78 is 10.1. The fourth-order valence-corrected chi connectivity index (χ4v) is 3.50. The second kappa shape index (κ2) is 20.2. The Balaban J connectivity index is 3.17. The fourth-order valence-electron chi connectivity index (χ4n) is 3.22. The van der Waals surface area contributed by atoms with Crippen LogP contribution in [0.5, 0.6) is 0 Å². The molecule has 0 aliphatic carbocycles. The number of carbonyl (C=O) groups excluding carboxylic acids is 1. The van der Waals surface area contributed by atoms with Gasteiger partial charge in [0.15, 0.2) is 0 Å². The van der Waals surface area contributed by atoms with E-state index < -0.39 is 0 Å². The van der Waals surface area contributed by atoms with Crippen LogP contribution in [0.2, 0.25) is 0 Å². The molecule has 0 amide bonds. The van der Waals surface area contributed by atoms with Crippen molar-refractivity contribution in [3.05, 3.63) is 0 Å². The van der Waals surface area contributed by atoms with Crippen LogP contribution in [0.4, 0.5) is 0 Å². The number of rotatable bonds is 19. The molecule has 0 rings (SSSR count). The highest BCUT2D eigenvalue weighted by Gasteiger charge is 2.06. The molecular formula is C21H43O3P. The molecule has 2 unspecified atom stereocenters. The van der Waals surface area contributed by atoms with Gasteiger partial charge in [0.05, 0.1) is 13.2 Å². The summed E-state index contributed by atoms with van der Waals surface area (Å²) >= 11 is 0. The van der Waals surface area contributed by atoms with Gasteiger partial charge in [-0.15, -0.1) is 0 Å². The number of esters is 1. The molecule has 0 aliphatic rings. The normalized spacial score (nSPS) is 12.3. The zero-order valence-corrected chi connectivity index (χ0v) is 18.1. The van der Waals surface area contributed by atoms with Gasteiger partial charge in [-0.3, -0.25) is 4.79 Å². The summed E-state index contributed by atoms with van der Waals surface area (Å²) in [6, 6.07) is 0. The number of ether oxygens (including phenoxy) is 1. The van der Waals surface area contributed by atoms with Gasteiger partial charge in [0.25, 0.3) is 0 Å². The number of hydrogen-bond acceptors (Lipinski definition) is 3. The quantitative estimate of drug-likeness (QED) is 0.139. The summed E-state index contributed by atoms with van der Waals surface area (Å²) in [5, 5.41) is 0. The fraction of sp³-hybridized carbons (Fsp3) is 0.952. The van der Waals surface area contributed by atoms with E-state index in [0.717, 1.165) is 12.8 Å². The first kappa shape index (κ1) is 24.9. The Hall–Kier alpha value is -0.140. The number of methoxy groups -OCH3 is 1. The molecule has 0 heterocycles. The van der Waals surface area contributed by atoms with Gasteiger partial charge in [-0.25, -0.2) is 0 Å². The Bertz CT molecular complexity index is 284. The molecule has 2 atom stereocenters. The zero-order valence-electron chi connectivity index (χ0n) is 16.9. The van der Waals surface area contributed by atoms with E-state index in [4.69, 9.17) is 4.52 Å². The summed E-state index contributed by atoms with van der Waals surface area (Å²) in [5.41, 5.74) is 0. The molecule has 0 aliphatic heterocycles. The molecule has 0 radical (unpaired) electrons. The van der Waals surface area contributed by atoms with Crippen molar-refractivity contribution >= 4 is 15.4 Å². The maximum Gasteiger partial charge on any atom is 0.305 e. The Kier molecular flexibility index (Phi) is 20.1. The lowest BCUT2D eigenvalue weighted by Gasteiger charge is -2.14. The van der Waals surface area contributed by atoms with E-state index in [2.05, 4.69) is 21.1 Å². The van der Waals surface area contributed by atoms with Crippen molar-refractivity contribution in [2.24, 2.45) is 0 Å². The lowest BCUT2D eigenvalue weighted by molar-refractivity contribution is -0.140. The predicted molar refractivity (Wildman–Crippen MR) is 111 cm³/mol. The average molecular weight is 375 g/mol. The molecule has 0 saturated carbocycles. The summed E-state index contributed by atoms with van der Waals surface area (Å²) in [7, 11) is 3.91. The van der Waals surface area contributed by atoms with Crippen LogP contribution in [0, 0.1) is 0 Å². The Morgan fingerprint density at radius 2 is 1.20 bits per heavy atom. The molecule has 4 heteroatoms. The van der Waals surface area contributed by atoms with Crippen molar-refractivity contribution in [2.45, 2.75) is 122 Å². The lowest BCUT2D eigenvalue weighted by Crippen LogP contribution is -2.07. The third kappa shape index (κ3) is 18.4. The minimum atomic E-state index is -0.0717. The first-order valence-corrected chi connectivity index (χ1v) is 11.1. The monoisotopic (exact) mass is 374 g/mol. The van der Waals surface area contributed by atoms with E-state index in [1.54, 1.807) is 0 Å². The van der Waals surface area contributed by atoms with Crippen molar-refractivity contribution in [1.82, 2.24) is 0 Å². The van der Waals surface area contributed by atoms with Gasteiger partial charge in [-0.2, -0.15) is 0 Å². The van der Waals surface area contributed by atoms with Gasteiger partial charge in [0.2, 0.25) is 0 Å². The standard InChI is InChI=1S/C21H43O3P/c1-3-4-17-20(24-25)18-15-13-11-9-7-5-6-8-10-12-14-16-19-21(22)23-2/h20H,3-19,25H2,1-2H3. The van der Waals surface area contributed by atoms with Crippen molar-refractivity contribution < 1.29 is 14.1 Å². The largest absolute Gasteiger partial charge is 0.469 e. The molecule has 0 fully saturated rings. The molecule has 0 N–H and O–H groups in total. The van der Waals surface area contributed by atoms with Gasteiger partial charge in [-0.05, 0) is 19.3 Å². The molecular weight excluding hydrogens is 331 g/mol.